The van der Waals surface area contributed by atoms with Crippen molar-refractivity contribution in [3.8, 4) is 5.75 Å². The third-order valence-electron chi connectivity index (χ3n) is 5.59. The van der Waals surface area contributed by atoms with Crippen molar-refractivity contribution in [1.82, 2.24) is 0 Å². The number of rotatable bonds is 7. The molecule has 1 saturated carbocycles. The predicted octanol–water partition coefficient (Wildman–Crippen LogP) is 4.81. The first-order valence-corrected chi connectivity index (χ1v) is 10.1. The van der Waals surface area contributed by atoms with Crippen molar-refractivity contribution in [3.63, 3.8) is 0 Å². The number of para-hydroxylation sites is 1. The number of hydrogen-bond acceptors (Lipinski definition) is 4. The highest BCUT2D eigenvalue weighted by Gasteiger charge is 2.37. The van der Waals surface area contributed by atoms with Crippen molar-refractivity contribution in [2.45, 2.75) is 63.8 Å². The van der Waals surface area contributed by atoms with Crippen LogP contribution in [0.3, 0.4) is 0 Å². The molecule has 3 atom stereocenters. The highest BCUT2D eigenvalue weighted by molar-refractivity contribution is 5.66. The normalized spacial score (nSPS) is 27.0. The van der Waals surface area contributed by atoms with E-state index < -0.39 is 5.97 Å². The SMILES string of the molecule is O=C(O)CC/C=C\C[C@@H]1COC(C2CCCCC2)O[C@@H]1c1ccccc1O. The number of phenols is 1. The van der Waals surface area contributed by atoms with Gasteiger partial charge < -0.3 is 19.7 Å². The molecular formula is C22H30O5. The Kier molecular flexibility index (Phi) is 7.30. The number of benzene rings is 1. The molecule has 1 aliphatic heterocycles. The Hall–Kier alpha value is -1.85. The van der Waals surface area contributed by atoms with Gasteiger partial charge in [0.25, 0.3) is 0 Å². The molecule has 0 amide bonds. The van der Waals surface area contributed by atoms with Crippen LogP contribution in [0.25, 0.3) is 0 Å². The Balaban J connectivity index is 1.68. The summed E-state index contributed by atoms with van der Waals surface area (Å²) in [6.45, 7) is 0.587. The van der Waals surface area contributed by atoms with Crippen LogP contribution in [0.5, 0.6) is 5.75 Å². The van der Waals surface area contributed by atoms with Crippen molar-refractivity contribution in [2.75, 3.05) is 6.61 Å². The van der Waals surface area contributed by atoms with E-state index in [1.165, 1.54) is 19.3 Å². The van der Waals surface area contributed by atoms with Crippen LogP contribution in [-0.4, -0.2) is 29.1 Å². The summed E-state index contributed by atoms with van der Waals surface area (Å²) in [6, 6.07) is 7.36. The van der Waals surface area contributed by atoms with Gasteiger partial charge in [-0.1, -0.05) is 49.6 Å². The Bertz CT molecular complexity index is 635. The predicted molar refractivity (Wildman–Crippen MR) is 102 cm³/mol. The molecule has 1 saturated heterocycles. The van der Waals surface area contributed by atoms with Gasteiger partial charge in [0.2, 0.25) is 0 Å². The van der Waals surface area contributed by atoms with Gasteiger partial charge in [0.15, 0.2) is 6.29 Å². The molecule has 1 unspecified atom stereocenters. The van der Waals surface area contributed by atoms with Gasteiger partial charge in [0, 0.05) is 23.8 Å². The smallest absolute Gasteiger partial charge is 0.303 e. The zero-order valence-electron chi connectivity index (χ0n) is 15.8. The molecule has 0 spiro atoms. The summed E-state index contributed by atoms with van der Waals surface area (Å²) in [6.07, 6.45) is 10.9. The van der Waals surface area contributed by atoms with Gasteiger partial charge in [-0.2, -0.15) is 0 Å². The van der Waals surface area contributed by atoms with Gasteiger partial charge in [-0.15, -0.1) is 0 Å². The standard InChI is InChI=1S/C22H30O5/c23-19-13-8-7-12-18(19)21-17(11-5-2-6-14-20(24)25)15-26-22(27-21)16-9-3-1-4-10-16/h2,5,7-8,12-13,16-17,21-23H,1,3-4,6,9-11,14-15H2,(H,24,25)/b5-2-/t17-,21+,22?/m1/s1. The van der Waals surface area contributed by atoms with Gasteiger partial charge in [-0.25, -0.2) is 0 Å². The van der Waals surface area contributed by atoms with Crippen molar-refractivity contribution in [2.24, 2.45) is 11.8 Å². The van der Waals surface area contributed by atoms with Crippen molar-refractivity contribution in [3.05, 3.63) is 42.0 Å². The molecule has 148 valence electrons. The lowest BCUT2D eigenvalue weighted by atomic mass is 9.86. The second-order valence-electron chi connectivity index (χ2n) is 7.61. The lowest BCUT2D eigenvalue weighted by molar-refractivity contribution is -0.263. The maximum atomic E-state index is 10.6. The number of allylic oxidation sites excluding steroid dienone is 2. The van der Waals surface area contributed by atoms with Gasteiger partial charge in [0.05, 0.1) is 12.7 Å². The number of ether oxygens (including phenoxy) is 2. The number of carboxylic acids is 1. The van der Waals surface area contributed by atoms with E-state index in [-0.39, 0.29) is 30.5 Å². The fraction of sp³-hybridized carbons (Fsp3) is 0.591. The maximum absolute atomic E-state index is 10.6. The third-order valence-corrected chi connectivity index (χ3v) is 5.59. The van der Waals surface area contributed by atoms with Crippen LogP contribution in [-0.2, 0) is 14.3 Å². The quantitative estimate of drug-likeness (QED) is 0.670. The van der Waals surface area contributed by atoms with Crippen LogP contribution >= 0.6 is 0 Å². The fourth-order valence-electron chi connectivity index (χ4n) is 4.10. The third kappa shape index (κ3) is 5.56. The van der Waals surface area contributed by atoms with E-state index in [0.717, 1.165) is 24.8 Å². The van der Waals surface area contributed by atoms with Crippen molar-refractivity contribution >= 4 is 5.97 Å². The highest BCUT2D eigenvalue weighted by atomic mass is 16.7. The summed E-state index contributed by atoms with van der Waals surface area (Å²) in [7, 11) is 0. The number of phenolic OH excluding ortho intramolecular Hbond substituents is 1. The van der Waals surface area contributed by atoms with Gasteiger partial charge >= 0.3 is 5.97 Å². The second-order valence-corrected chi connectivity index (χ2v) is 7.61. The fourth-order valence-corrected chi connectivity index (χ4v) is 4.10. The molecule has 0 aromatic heterocycles. The second kappa shape index (κ2) is 9.90. The number of aliphatic carboxylic acids is 1. The molecular weight excluding hydrogens is 344 g/mol. The van der Waals surface area contributed by atoms with Crippen LogP contribution < -0.4 is 0 Å². The molecule has 3 rings (SSSR count). The Morgan fingerprint density at radius 1 is 1.15 bits per heavy atom. The largest absolute Gasteiger partial charge is 0.508 e. The Morgan fingerprint density at radius 3 is 2.67 bits per heavy atom. The molecule has 1 aromatic rings. The van der Waals surface area contributed by atoms with Crippen LogP contribution in [0.1, 0.15) is 63.0 Å². The van der Waals surface area contributed by atoms with E-state index >= 15 is 0 Å². The molecule has 27 heavy (non-hydrogen) atoms. The van der Waals surface area contributed by atoms with E-state index in [9.17, 15) is 9.90 Å². The van der Waals surface area contributed by atoms with Gasteiger partial charge in [-0.3, -0.25) is 4.79 Å². The summed E-state index contributed by atoms with van der Waals surface area (Å²) in [5.74, 6) is -0.00331. The molecule has 1 aromatic carbocycles. The number of carbonyl (C=O) groups is 1. The van der Waals surface area contributed by atoms with E-state index in [1.807, 2.05) is 30.4 Å². The average Bonchev–Trinajstić information content (AvgIpc) is 2.69. The summed E-state index contributed by atoms with van der Waals surface area (Å²) in [4.78, 5) is 10.6. The van der Waals surface area contributed by atoms with E-state index in [0.29, 0.717) is 18.9 Å². The molecule has 5 heteroatoms. The zero-order chi connectivity index (χ0) is 19.1. The first kappa shape index (κ1) is 19.9. The lowest BCUT2D eigenvalue weighted by Gasteiger charge is -2.41. The van der Waals surface area contributed by atoms with Crippen LogP contribution in [0.2, 0.25) is 0 Å². The molecule has 1 heterocycles. The molecule has 2 fully saturated rings. The van der Waals surface area contributed by atoms with Gasteiger partial charge in [-0.05, 0) is 31.7 Å². The Labute approximate surface area is 161 Å². The molecule has 2 N–H and O–H groups in total. The van der Waals surface area contributed by atoms with Crippen LogP contribution in [0.15, 0.2) is 36.4 Å². The zero-order valence-corrected chi connectivity index (χ0v) is 15.8. The highest BCUT2D eigenvalue weighted by Crippen LogP contribution is 2.42. The van der Waals surface area contributed by atoms with E-state index in [2.05, 4.69) is 0 Å². The van der Waals surface area contributed by atoms with Crippen LogP contribution in [0, 0.1) is 11.8 Å². The van der Waals surface area contributed by atoms with E-state index in [4.69, 9.17) is 14.6 Å². The van der Waals surface area contributed by atoms with Crippen LogP contribution in [0.4, 0.5) is 0 Å². The average molecular weight is 374 g/mol. The number of hydrogen-bond donors (Lipinski definition) is 2. The minimum Gasteiger partial charge on any atom is -0.508 e. The molecule has 0 bridgehead atoms. The monoisotopic (exact) mass is 374 g/mol. The minimum absolute atomic E-state index is 0.0965. The first-order chi connectivity index (χ1) is 13.1. The summed E-state index contributed by atoms with van der Waals surface area (Å²) >= 11 is 0. The molecule has 5 nitrogen and oxygen atoms in total. The first-order valence-electron chi connectivity index (χ1n) is 10.1. The summed E-state index contributed by atoms with van der Waals surface area (Å²) in [5.41, 5.74) is 0.811. The maximum Gasteiger partial charge on any atom is 0.303 e. The van der Waals surface area contributed by atoms with E-state index in [1.54, 1.807) is 6.07 Å². The minimum atomic E-state index is -0.786. The molecule has 2 aliphatic rings. The summed E-state index contributed by atoms with van der Waals surface area (Å²) in [5, 5.41) is 19.1. The topological polar surface area (TPSA) is 76.0 Å². The number of aromatic hydroxyl groups is 1. The lowest BCUT2D eigenvalue weighted by Crippen LogP contribution is -2.39. The Morgan fingerprint density at radius 2 is 1.93 bits per heavy atom. The van der Waals surface area contributed by atoms with Gasteiger partial charge in [0.1, 0.15) is 5.75 Å². The molecule has 1 aliphatic carbocycles. The van der Waals surface area contributed by atoms with Crippen molar-refractivity contribution in [1.29, 1.82) is 0 Å². The summed E-state index contributed by atoms with van der Waals surface area (Å²) < 4.78 is 12.5. The van der Waals surface area contributed by atoms with Crippen molar-refractivity contribution < 1.29 is 24.5 Å². The molecule has 0 radical (unpaired) electrons. The number of carboxylic acid groups (broad SMARTS) is 1.